The molecule has 2 N–H and O–H groups in total. The number of nitrogens with zero attached hydrogens (tertiary/aromatic N) is 1. The zero-order chi connectivity index (χ0) is 19.8. The van der Waals surface area contributed by atoms with E-state index in [1.54, 1.807) is 0 Å². The summed E-state index contributed by atoms with van der Waals surface area (Å²) >= 11 is 0. The summed E-state index contributed by atoms with van der Waals surface area (Å²) in [5.41, 5.74) is 2.18. The molecule has 0 fully saturated rings. The topological polar surface area (TPSA) is 62.8 Å². The van der Waals surface area contributed by atoms with Gasteiger partial charge in [0.05, 0.1) is 6.04 Å². The molecular formula is C22H29N3O3. The molecule has 0 spiro atoms. The lowest BCUT2D eigenvalue weighted by Gasteiger charge is -2.30. The van der Waals surface area contributed by atoms with Crippen molar-refractivity contribution >= 4 is 6.03 Å². The number of amides is 2. The van der Waals surface area contributed by atoms with Gasteiger partial charge in [-0.2, -0.15) is 0 Å². The van der Waals surface area contributed by atoms with Crippen LogP contribution in [0.2, 0.25) is 0 Å². The summed E-state index contributed by atoms with van der Waals surface area (Å²) < 4.78 is 11.1. The number of carbonyl (C=O) groups is 1. The van der Waals surface area contributed by atoms with E-state index in [9.17, 15) is 4.79 Å². The predicted octanol–water partition coefficient (Wildman–Crippen LogP) is 3.34. The van der Waals surface area contributed by atoms with Gasteiger partial charge in [-0.3, -0.25) is 4.90 Å². The molecule has 6 heteroatoms. The van der Waals surface area contributed by atoms with Crippen molar-refractivity contribution in [2.45, 2.75) is 26.4 Å². The molecule has 0 saturated carbocycles. The van der Waals surface area contributed by atoms with Gasteiger partial charge in [0.2, 0.25) is 0 Å². The van der Waals surface area contributed by atoms with E-state index in [1.165, 1.54) is 5.56 Å². The van der Waals surface area contributed by atoms with Crippen LogP contribution in [0.3, 0.4) is 0 Å². The molecule has 1 aliphatic heterocycles. The predicted molar refractivity (Wildman–Crippen MR) is 110 cm³/mol. The van der Waals surface area contributed by atoms with Crippen LogP contribution in [0.15, 0.2) is 48.5 Å². The Morgan fingerprint density at radius 1 is 1.00 bits per heavy atom. The number of rotatable bonds is 8. The molecule has 0 aromatic heterocycles. The monoisotopic (exact) mass is 383 g/mol. The number of nitrogens with one attached hydrogen (secondary N) is 2. The number of likely N-dealkylation sites (N-methyl/N-ethyl adjacent to an activating group) is 1. The molecule has 0 aliphatic carbocycles. The zero-order valence-corrected chi connectivity index (χ0v) is 16.6. The quantitative estimate of drug-likeness (QED) is 0.734. The van der Waals surface area contributed by atoms with Gasteiger partial charge in [0.25, 0.3) is 0 Å². The van der Waals surface area contributed by atoms with Crippen LogP contribution >= 0.6 is 0 Å². The fourth-order valence-corrected chi connectivity index (χ4v) is 3.43. The molecule has 2 amide bonds. The lowest BCUT2D eigenvalue weighted by molar-refractivity contribution is 0.171. The highest BCUT2D eigenvalue weighted by Gasteiger charge is 2.18. The standard InChI is InChI=1S/C22H29N3O3/c1-3-25(4-2)19(18-8-6-5-7-9-18)16-24-22(26)23-15-17-10-11-20-21(14-17)28-13-12-27-20/h5-11,14,19H,3-4,12-13,15-16H2,1-2H3,(H2,23,24,26). The molecule has 150 valence electrons. The van der Waals surface area contributed by atoms with E-state index in [4.69, 9.17) is 9.47 Å². The average molecular weight is 383 g/mol. The van der Waals surface area contributed by atoms with Crippen molar-refractivity contribution < 1.29 is 14.3 Å². The van der Waals surface area contributed by atoms with Crippen molar-refractivity contribution in [2.24, 2.45) is 0 Å². The lowest BCUT2D eigenvalue weighted by atomic mass is 10.1. The Morgan fingerprint density at radius 2 is 1.71 bits per heavy atom. The lowest BCUT2D eigenvalue weighted by Crippen LogP contribution is -2.42. The van der Waals surface area contributed by atoms with Crippen molar-refractivity contribution in [1.29, 1.82) is 0 Å². The van der Waals surface area contributed by atoms with Crippen LogP contribution in [-0.4, -0.2) is 43.8 Å². The first-order valence-electron chi connectivity index (χ1n) is 9.90. The summed E-state index contributed by atoms with van der Waals surface area (Å²) in [6.45, 7) is 8.25. The largest absolute Gasteiger partial charge is 0.486 e. The molecule has 0 bridgehead atoms. The minimum Gasteiger partial charge on any atom is -0.486 e. The van der Waals surface area contributed by atoms with Gasteiger partial charge in [-0.05, 0) is 36.3 Å². The van der Waals surface area contributed by atoms with Crippen LogP contribution in [0, 0.1) is 0 Å². The van der Waals surface area contributed by atoms with E-state index in [0.717, 1.165) is 30.2 Å². The number of benzene rings is 2. The summed E-state index contributed by atoms with van der Waals surface area (Å²) in [6, 6.07) is 16.0. The van der Waals surface area contributed by atoms with Gasteiger partial charge >= 0.3 is 6.03 Å². The Bertz CT molecular complexity index is 763. The number of urea groups is 1. The van der Waals surface area contributed by atoms with Crippen LogP contribution in [0.4, 0.5) is 4.79 Å². The van der Waals surface area contributed by atoms with Crippen LogP contribution in [0.25, 0.3) is 0 Å². The summed E-state index contributed by atoms with van der Waals surface area (Å²) in [6.07, 6.45) is 0. The molecule has 3 rings (SSSR count). The molecule has 0 saturated heterocycles. The minimum absolute atomic E-state index is 0.149. The molecule has 1 heterocycles. The van der Waals surface area contributed by atoms with Crippen molar-refractivity contribution in [3.05, 3.63) is 59.7 Å². The van der Waals surface area contributed by atoms with Crippen molar-refractivity contribution in [3.63, 3.8) is 0 Å². The molecule has 1 atom stereocenters. The molecule has 2 aromatic rings. The summed E-state index contributed by atoms with van der Waals surface area (Å²) in [5.74, 6) is 1.49. The number of carbonyl (C=O) groups excluding carboxylic acids is 1. The van der Waals surface area contributed by atoms with Gasteiger partial charge in [0, 0.05) is 13.1 Å². The van der Waals surface area contributed by atoms with Crippen molar-refractivity contribution in [1.82, 2.24) is 15.5 Å². The maximum Gasteiger partial charge on any atom is 0.315 e. The zero-order valence-electron chi connectivity index (χ0n) is 16.6. The number of hydrogen-bond acceptors (Lipinski definition) is 4. The summed E-state index contributed by atoms with van der Waals surface area (Å²) in [7, 11) is 0. The second-order valence-electron chi connectivity index (χ2n) is 6.69. The first-order valence-corrected chi connectivity index (χ1v) is 9.90. The second kappa shape index (κ2) is 9.99. The van der Waals surface area contributed by atoms with E-state index in [2.05, 4.69) is 41.5 Å². The van der Waals surface area contributed by atoms with Crippen LogP contribution in [0.1, 0.15) is 31.0 Å². The Labute approximate surface area is 166 Å². The second-order valence-corrected chi connectivity index (χ2v) is 6.69. The third-order valence-electron chi connectivity index (χ3n) is 4.95. The Hall–Kier alpha value is -2.73. The first kappa shape index (κ1) is 20.0. The van der Waals surface area contributed by atoms with Crippen molar-refractivity contribution in [3.8, 4) is 11.5 Å². The molecule has 1 unspecified atom stereocenters. The van der Waals surface area contributed by atoms with Crippen LogP contribution in [-0.2, 0) is 6.54 Å². The molecule has 1 aliphatic rings. The van der Waals surface area contributed by atoms with Crippen LogP contribution < -0.4 is 20.1 Å². The molecule has 2 aromatic carbocycles. The molecule has 28 heavy (non-hydrogen) atoms. The Balaban J connectivity index is 1.54. The number of ether oxygens (including phenoxy) is 2. The highest BCUT2D eigenvalue weighted by atomic mass is 16.6. The van der Waals surface area contributed by atoms with E-state index in [0.29, 0.717) is 26.3 Å². The van der Waals surface area contributed by atoms with Gasteiger partial charge in [-0.25, -0.2) is 4.79 Å². The highest BCUT2D eigenvalue weighted by molar-refractivity contribution is 5.73. The molecular weight excluding hydrogens is 354 g/mol. The van der Waals surface area contributed by atoms with Gasteiger partial charge in [0.15, 0.2) is 11.5 Å². The van der Waals surface area contributed by atoms with E-state index >= 15 is 0 Å². The summed E-state index contributed by atoms with van der Waals surface area (Å²) in [5, 5.41) is 5.94. The smallest absolute Gasteiger partial charge is 0.315 e. The first-order chi connectivity index (χ1) is 13.7. The maximum atomic E-state index is 12.3. The Kier molecular flexibility index (Phi) is 7.14. The normalized spacial score (nSPS) is 13.8. The van der Waals surface area contributed by atoms with Crippen LogP contribution in [0.5, 0.6) is 11.5 Å². The highest BCUT2D eigenvalue weighted by Crippen LogP contribution is 2.30. The number of fused-ring (bicyclic) bond motifs is 1. The maximum absolute atomic E-state index is 12.3. The molecule has 0 radical (unpaired) electrons. The van der Waals surface area contributed by atoms with Gasteiger partial charge < -0.3 is 20.1 Å². The van der Waals surface area contributed by atoms with E-state index < -0.39 is 0 Å². The SMILES string of the molecule is CCN(CC)C(CNC(=O)NCc1ccc2c(c1)OCCO2)c1ccccc1. The third kappa shape index (κ3) is 5.16. The van der Waals surface area contributed by atoms with Gasteiger partial charge in [-0.1, -0.05) is 50.2 Å². The molecule has 6 nitrogen and oxygen atoms in total. The summed E-state index contributed by atoms with van der Waals surface area (Å²) in [4.78, 5) is 14.7. The Morgan fingerprint density at radius 3 is 2.43 bits per heavy atom. The minimum atomic E-state index is -0.178. The average Bonchev–Trinajstić information content (AvgIpc) is 2.75. The number of hydrogen-bond donors (Lipinski definition) is 2. The fourth-order valence-electron chi connectivity index (χ4n) is 3.43. The van der Waals surface area contributed by atoms with E-state index in [1.807, 2.05) is 36.4 Å². The third-order valence-corrected chi connectivity index (χ3v) is 4.95. The fraction of sp³-hybridized carbons (Fsp3) is 0.409. The van der Waals surface area contributed by atoms with Gasteiger partial charge in [-0.15, -0.1) is 0 Å². The van der Waals surface area contributed by atoms with Gasteiger partial charge in [0.1, 0.15) is 13.2 Å². The van der Waals surface area contributed by atoms with Crippen molar-refractivity contribution in [2.75, 3.05) is 32.8 Å². The van der Waals surface area contributed by atoms with E-state index in [-0.39, 0.29) is 12.1 Å².